The molecule has 1 aromatic rings. The number of hydrogen-bond donors (Lipinski definition) is 1. The van der Waals surface area contributed by atoms with Crippen molar-refractivity contribution >= 4 is 0 Å². The average Bonchev–Trinajstić information content (AvgIpc) is 2.84. The summed E-state index contributed by atoms with van der Waals surface area (Å²) in [4.78, 5) is 4.47. The minimum atomic E-state index is -0.508. The van der Waals surface area contributed by atoms with Gasteiger partial charge in [-0.3, -0.25) is 0 Å². The first-order valence-electron chi connectivity index (χ1n) is 7.50. The Kier molecular flexibility index (Phi) is 6.62. The van der Waals surface area contributed by atoms with E-state index in [1.165, 1.54) is 0 Å². The first kappa shape index (κ1) is 17.1. The quantitative estimate of drug-likeness (QED) is 0.755. The van der Waals surface area contributed by atoms with E-state index in [1.54, 1.807) is 7.11 Å². The number of aromatic nitrogens is 2. The Morgan fingerprint density at radius 1 is 1.35 bits per heavy atom. The number of rotatable bonds is 9. The van der Waals surface area contributed by atoms with Gasteiger partial charge in [0, 0.05) is 19.6 Å². The second-order valence-electron chi connectivity index (χ2n) is 6.21. The summed E-state index contributed by atoms with van der Waals surface area (Å²) in [5.41, 5.74) is -0.508. The maximum Gasteiger partial charge on any atom is 0.228 e. The lowest BCUT2D eigenvalue weighted by atomic mass is 10.0. The maximum atomic E-state index is 5.37. The highest BCUT2D eigenvalue weighted by Crippen LogP contribution is 2.21. The van der Waals surface area contributed by atoms with Gasteiger partial charge < -0.3 is 14.6 Å². The third-order valence-electron chi connectivity index (χ3n) is 3.38. The summed E-state index contributed by atoms with van der Waals surface area (Å²) in [5.74, 6) is 1.93. The molecule has 1 rings (SSSR count). The first-order chi connectivity index (χ1) is 9.39. The highest BCUT2D eigenvalue weighted by atomic mass is 16.5. The van der Waals surface area contributed by atoms with Crippen LogP contribution in [0.15, 0.2) is 4.52 Å². The zero-order valence-corrected chi connectivity index (χ0v) is 13.7. The Morgan fingerprint density at radius 3 is 2.60 bits per heavy atom. The van der Waals surface area contributed by atoms with Crippen LogP contribution in [-0.2, 0) is 16.8 Å². The third kappa shape index (κ3) is 5.21. The minimum absolute atomic E-state index is 0.383. The summed E-state index contributed by atoms with van der Waals surface area (Å²) >= 11 is 0. The standard InChI is InChI=1S/C15H29N3O2/c1-7-8-16-12(9-11(2)3)10-13-17-14(18-20-13)15(4,5)19-6/h11-12,16H,7-10H2,1-6H3. The average molecular weight is 283 g/mol. The number of nitrogens with one attached hydrogen (secondary N) is 1. The smallest absolute Gasteiger partial charge is 0.228 e. The molecule has 1 heterocycles. The van der Waals surface area contributed by atoms with Gasteiger partial charge in [-0.05, 0) is 39.2 Å². The van der Waals surface area contributed by atoms with Crippen molar-refractivity contribution in [1.82, 2.24) is 15.5 Å². The molecule has 1 unspecified atom stereocenters. The molecule has 0 aliphatic heterocycles. The molecule has 0 amide bonds. The monoisotopic (exact) mass is 283 g/mol. The van der Waals surface area contributed by atoms with Crippen LogP contribution < -0.4 is 5.32 Å². The van der Waals surface area contributed by atoms with Gasteiger partial charge in [0.25, 0.3) is 0 Å². The van der Waals surface area contributed by atoms with Gasteiger partial charge in [0.05, 0.1) is 0 Å². The highest BCUT2D eigenvalue weighted by Gasteiger charge is 2.26. The van der Waals surface area contributed by atoms with Crippen molar-refractivity contribution in [2.24, 2.45) is 5.92 Å². The molecule has 5 heteroatoms. The van der Waals surface area contributed by atoms with Crippen molar-refractivity contribution in [2.75, 3.05) is 13.7 Å². The van der Waals surface area contributed by atoms with E-state index in [1.807, 2.05) is 13.8 Å². The molecule has 1 aromatic heterocycles. The fourth-order valence-electron chi connectivity index (χ4n) is 2.04. The van der Waals surface area contributed by atoms with Gasteiger partial charge in [-0.25, -0.2) is 0 Å². The zero-order chi connectivity index (χ0) is 15.2. The van der Waals surface area contributed by atoms with Crippen molar-refractivity contribution in [2.45, 2.75) is 65.5 Å². The van der Waals surface area contributed by atoms with Crippen LogP contribution in [0.2, 0.25) is 0 Å². The Bertz CT molecular complexity index is 388. The van der Waals surface area contributed by atoms with Crippen LogP contribution in [0, 0.1) is 5.92 Å². The van der Waals surface area contributed by atoms with E-state index >= 15 is 0 Å². The molecule has 0 bridgehead atoms. The molecular formula is C15H29N3O2. The van der Waals surface area contributed by atoms with E-state index in [2.05, 4.69) is 36.2 Å². The molecule has 0 fully saturated rings. The summed E-state index contributed by atoms with van der Waals surface area (Å²) in [5, 5.41) is 7.58. The molecule has 1 atom stereocenters. The maximum absolute atomic E-state index is 5.37. The molecule has 20 heavy (non-hydrogen) atoms. The van der Waals surface area contributed by atoms with Crippen LogP contribution >= 0.6 is 0 Å². The van der Waals surface area contributed by atoms with Crippen LogP contribution in [0.25, 0.3) is 0 Å². The fourth-order valence-corrected chi connectivity index (χ4v) is 2.04. The number of nitrogens with zero attached hydrogens (tertiary/aromatic N) is 2. The normalized spacial score (nSPS) is 13.9. The van der Waals surface area contributed by atoms with Gasteiger partial charge in [0.15, 0.2) is 0 Å². The molecule has 0 saturated carbocycles. The minimum Gasteiger partial charge on any atom is -0.371 e. The molecule has 5 nitrogen and oxygen atoms in total. The molecule has 0 spiro atoms. The predicted octanol–water partition coefficient (Wildman–Crippen LogP) is 2.91. The summed E-state index contributed by atoms with van der Waals surface area (Å²) in [6.07, 6.45) is 3.00. The van der Waals surface area contributed by atoms with Crippen molar-refractivity contribution < 1.29 is 9.26 Å². The van der Waals surface area contributed by atoms with E-state index in [0.717, 1.165) is 25.8 Å². The molecule has 0 aromatic carbocycles. The molecule has 0 radical (unpaired) electrons. The highest BCUT2D eigenvalue weighted by molar-refractivity contribution is 4.98. The predicted molar refractivity (Wildman–Crippen MR) is 79.6 cm³/mol. The van der Waals surface area contributed by atoms with Crippen LogP contribution in [0.1, 0.15) is 59.2 Å². The SMILES string of the molecule is CCCNC(Cc1nc(C(C)(C)OC)no1)CC(C)C. The van der Waals surface area contributed by atoms with Crippen LogP contribution in [0.5, 0.6) is 0 Å². The van der Waals surface area contributed by atoms with E-state index in [0.29, 0.717) is 23.7 Å². The van der Waals surface area contributed by atoms with Gasteiger partial charge in [0.1, 0.15) is 5.60 Å². The number of hydrogen-bond acceptors (Lipinski definition) is 5. The lowest BCUT2D eigenvalue weighted by molar-refractivity contribution is 0.00973. The Hall–Kier alpha value is -0.940. The largest absolute Gasteiger partial charge is 0.371 e. The molecule has 116 valence electrons. The summed E-state index contributed by atoms with van der Waals surface area (Å²) in [6, 6.07) is 0.383. The lowest BCUT2D eigenvalue weighted by Gasteiger charge is -2.19. The van der Waals surface area contributed by atoms with Crippen molar-refractivity contribution in [3.8, 4) is 0 Å². The summed E-state index contributed by atoms with van der Waals surface area (Å²) in [6.45, 7) is 11.5. The molecular weight excluding hydrogens is 254 g/mol. The van der Waals surface area contributed by atoms with E-state index in [9.17, 15) is 0 Å². The van der Waals surface area contributed by atoms with Crippen molar-refractivity contribution in [3.63, 3.8) is 0 Å². The van der Waals surface area contributed by atoms with Gasteiger partial charge in [0.2, 0.25) is 11.7 Å². The van der Waals surface area contributed by atoms with E-state index in [4.69, 9.17) is 9.26 Å². The van der Waals surface area contributed by atoms with Gasteiger partial charge in [-0.2, -0.15) is 4.98 Å². The Morgan fingerprint density at radius 2 is 2.05 bits per heavy atom. The fraction of sp³-hybridized carbons (Fsp3) is 0.867. The van der Waals surface area contributed by atoms with Crippen LogP contribution in [-0.4, -0.2) is 29.8 Å². The van der Waals surface area contributed by atoms with E-state index < -0.39 is 5.60 Å². The van der Waals surface area contributed by atoms with E-state index in [-0.39, 0.29) is 0 Å². The second kappa shape index (κ2) is 7.74. The molecule has 1 N–H and O–H groups in total. The van der Waals surface area contributed by atoms with Crippen LogP contribution in [0.3, 0.4) is 0 Å². The molecule has 0 aliphatic carbocycles. The van der Waals surface area contributed by atoms with Crippen LogP contribution in [0.4, 0.5) is 0 Å². The Balaban J connectivity index is 2.68. The number of methoxy groups -OCH3 is 1. The third-order valence-corrected chi connectivity index (χ3v) is 3.38. The number of ether oxygens (including phenoxy) is 1. The Labute approximate surface area is 122 Å². The topological polar surface area (TPSA) is 60.2 Å². The summed E-state index contributed by atoms with van der Waals surface area (Å²) < 4.78 is 10.7. The lowest BCUT2D eigenvalue weighted by Crippen LogP contribution is -2.33. The van der Waals surface area contributed by atoms with Crippen molar-refractivity contribution in [1.29, 1.82) is 0 Å². The molecule has 0 saturated heterocycles. The van der Waals surface area contributed by atoms with Gasteiger partial charge >= 0.3 is 0 Å². The van der Waals surface area contributed by atoms with Gasteiger partial charge in [-0.15, -0.1) is 0 Å². The van der Waals surface area contributed by atoms with Crippen molar-refractivity contribution in [3.05, 3.63) is 11.7 Å². The molecule has 0 aliphatic rings. The zero-order valence-electron chi connectivity index (χ0n) is 13.7. The summed E-state index contributed by atoms with van der Waals surface area (Å²) in [7, 11) is 1.65. The first-order valence-corrected chi connectivity index (χ1v) is 7.50. The second-order valence-corrected chi connectivity index (χ2v) is 6.21. The van der Waals surface area contributed by atoms with Gasteiger partial charge in [-0.1, -0.05) is 25.9 Å².